The quantitative estimate of drug-likeness (QED) is 0.531. The summed E-state index contributed by atoms with van der Waals surface area (Å²) in [4.78, 5) is 0. The van der Waals surface area contributed by atoms with Gasteiger partial charge in [-0.25, -0.2) is 0 Å². The lowest BCUT2D eigenvalue weighted by Gasteiger charge is -2.09. The summed E-state index contributed by atoms with van der Waals surface area (Å²) in [6.07, 6.45) is 2.15. The molecule has 0 aliphatic rings. The highest BCUT2D eigenvalue weighted by Crippen LogP contribution is 2.24. The first kappa shape index (κ1) is 26.9. The number of hydrogen-bond acceptors (Lipinski definition) is 1. The Bertz CT molecular complexity index is 744. The molecular formula is C26H41N. The van der Waals surface area contributed by atoms with Crippen LogP contribution in [0.25, 0.3) is 11.1 Å². The zero-order valence-corrected chi connectivity index (χ0v) is 18.2. The molecule has 0 aliphatic heterocycles. The van der Waals surface area contributed by atoms with Gasteiger partial charge in [-0.05, 0) is 76.8 Å². The third-order valence-corrected chi connectivity index (χ3v) is 4.10. The van der Waals surface area contributed by atoms with Gasteiger partial charge in [0.2, 0.25) is 0 Å². The molecule has 0 bridgehead atoms. The van der Waals surface area contributed by atoms with E-state index in [1.165, 1.54) is 27.8 Å². The monoisotopic (exact) mass is 367 g/mol. The summed E-state index contributed by atoms with van der Waals surface area (Å²) >= 11 is 0. The molecule has 1 nitrogen and oxygen atoms in total. The van der Waals surface area contributed by atoms with E-state index in [0.29, 0.717) is 0 Å². The van der Waals surface area contributed by atoms with Crippen LogP contribution in [0.3, 0.4) is 0 Å². The summed E-state index contributed by atoms with van der Waals surface area (Å²) in [6.45, 7) is 22.5. The van der Waals surface area contributed by atoms with Crippen molar-refractivity contribution < 1.29 is 0 Å². The Labute approximate surface area is 169 Å². The van der Waals surface area contributed by atoms with Crippen molar-refractivity contribution in [3.8, 4) is 0 Å². The minimum atomic E-state index is 0. The molecule has 2 aromatic rings. The first-order chi connectivity index (χ1) is 12.1. The zero-order valence-electron chi connectivity index (χ0n) is 18.2. The van der Waals surface area contributed by atoms with Crippen LogP contribution in [0.1, 0.15) is 75.4 Å². The van der Waals surface area contributed by atoms with E-state index >= 15 is 0 Å². The van der Waals surface area contributed by atoms with Gasteiger partial charge in [-0.3, -0.25) is 0 Å². The molecule has 0 saturated heterocycles. The van der Waals surface area contributed by atoms with E-state index in [2.05, 4.69) is 77.6 Å². The van der Waals surface area contributed by atoms with Crippen LogP contribution >= 0.6 is 0 Å². The molecule has 0 amide bonds. The number of nitrogen functional groups attached to an aromatic ring is 1. The summed E-state index contributed by atoms with van der Waals surface area (Å²) in [5, 5.41) is 0. The fourth-order valence-corrected chi connectivity index (χ4v) is 2.70. The number of nitrogens with two attached hydrogens (primary N) is 1. The van der Waals surface area contributed by atoms with Gasteiger partial charge >= 0.3 is 0 Å². The van der Waals surface area contributed by atoms with Gasteiger partial charge in [0.1, 0.15) is 0 Å². The minimum absolute atomic E-state index is 0. The zero-order chi connectivity index (χ0) is 20.4. The Balaban J connectivity index is 0. The number of allylic oxidation sites excluding steroid dienone is 3. The molecule has 0 atom stereocenters. The van der Waals surface area contributed by atoms with E-state index in [-0.39, 0.29) is 7.43 Å². The third-order valence-electron chi connectivity index (χ3n) is 4.10. The molecule has 1 heteroatoms. The van der Waals surface area contributed by atoms with E-state index in [4.69, 9.17) is 5.73 Å². The van der Waals surface area contributed by atoms with Gasteiger partial charge in [0.05, 0.1) is 0 Å². The molecule has 0 unspecified atom stereocenters. The predicted octanol–water partition coefficient (Wildman–Crippen LogP) is 8.31. The highest BCUT2D eigenvalue weighted by Gasteiger charge is 2.03. The van der Waals surface area contributed by atoms with Crippen molar-refractivity contribution in [1.29, 1.82) is 0 Å². The van der Waals surface area contributed by atoms with Gasteiger partial charge in [-0.15, -0.1) is 0 Å². The number of hydrogen-bond donors (Lipinski definition) is 1. The summed E-state index contributed by atoms with van der Waals surface area (Å²) < 4.78 is 0. The number of aryl methyl sites for hydroxylation is 4. The molecule has 2 aromatic carbocycles. The second kappa shape index (κ2) is 13.0. The smallest absolute Gasteiger partial charge is 0.0420 e. The molecule has 0 saturated carbocycles. The SMILES string of the molecule is C.C/C=C(\C)c1cc(C)cc(C)c1.C=C(C)c1cc(C)cc(C)c1N.CC. The van der Waals surface area contributed by atoms with E-state index in [1.807, 2.05) is 27.7 Å². The van der Waals surface area contributed by atoms with Gasteiger partial charge in [0, 0.05) is 11.3 Å². The standard InChI is InChI=1S/C12H16.C11H15N.C2H6.CH4/c1-5-11(4)12-7-9(2)6-10(3)8-12;1-7(2)10-6-8(3)5-9(4)11(10)12;1-2;/h5-8H,1-4H3;5-6H,1,12H2,2-4H3;1-2H3;1H4/b11-5+;;;. The van der Waals surface area contributed by atoms with Crippen molar-refractivity contribution in [2.24, 2.45) is 0 Å². The van der Waals surface area contributed by atoms with Crippen molar-refractivity contribution in [2.75, 3.05) is 5.73 Å². The Morgan fingerprint density at radius 2 is 1.30 bits per heavy atom. The van der Waals surface area contributed by atoms with Gasteiger partial charge in [-0.1, -0.05) is 74.9 Å². The average molecular weight is 368 g/mol. The summed E-state index contributed by atoms with van der Waals surface area (Å²) in [7, 11) is 0. The molecule has 2 N–H and O–H groups in total. The van der Waals surface area contributed by atoms with Gasteiger partial charge < -0.3 is 5.73 Å². The average Bonchev–Trinajstić information content (AvgIpc) is 2.58. The highest BCUT2D eigenvalue weighted by molar-refractivity contribution is 5.75. The van der Waals surface area contributed by atoms with Gasteiger partial charge in [-0.2, -0.15) is 0 Å². The van der Waals surface area contributed by atoms with Crippen molar-refractivity contribution >= 4 is 16.8 Å². The van der Waals surface area contributed by atoms with Crippen LogP contribution in [0.5, 0.6) is 0 Å². The molecule has 150 valence electrons. The van der Waals surface area contributed by atoms with Crippen LogP contribution < -0.4 is 5.73 Å². The molecule has 27 heavy (non-hydrogen) atoms. The Morgan fingerprint density at radius 1 is 0.852 bits per heavy atom. The third kappa shape index (κ3) is 8.77. The molecule has 0 fully saturated rings. The van der Waals surface area contributed by atoms with E-state index < -0.39 is 0 Å². The van der Waals surface area contributed by atoms with Gasteiger partial charge in [0.15, 0.2) is 0 Å². The lowest BCUT2D eigenvalue weighted by atomic mass is 10.0. The lowest BCUT2D eigenvalue weighted by molar-refractivity contribution is 1.36. The van der Waals surface area contributed by atoms with Crippen molar-refractivity contribution in [2.45, 2.75) is 69.7 Å². The fraction of sp³-hybridized carbons (Fsp3) is 0.385. The number of rotatable bonds is 2. The maximum absolute atomic E-state index is 5.89. The minimum Gasteiger partial charge on any atom is -0.398 e. The molecule has 0 radical (unpaired) electrons. The second-order valence-electron chi connectivity index (χ2n) is 6.67. The molecule has 2 rings (SSSR count). The second-order valence-corrected chi connectivity index (χ2v) is 6.67. The number of benzene rings is 2. The summed E-state index contributed by atoms with van der Waals surface area (Å²) in [5.74, 6) is 0. The fourth-order valence-electron chi connectivity index (χ4n) is 2.70. The molecule has 0 spiro atoms. The molecule has 0 heterocycles. The van der Waals surface area contributed by atoms with E-state index in [0.717, 1.165) is 22.4 Å². The normalized spacial score (nSPS) is 9.89. The van der Waals surface area contributed by atoms with Crippen molar-refractivity contribution in [3.05, 3.63) is 76.4 Å². The van der Waals surface area contributed by atoms with Crippen molar-refractivity contribution in [1.82, 2.24) is 0 Å². The predicted molar refractivity (Wildman–Crippen MR) is 128 cm³/mol. The largest absolute Gasteiger partial charge is 0.398 e. The Hall–Kier alpha value is -2.28. The van der Waals surface area contributed by atoms with Crippen LogP contribution in [0.4, 0.5) is 5.69 Å². The lowest BCUT2D eigenvalue weighted by Crippen LogP contribution is -1.96. The van der Waals surface area contributed by atoms with Crippen LogP contribution in [0, 0.1) is 27.7 Å². The maximum Gasteiger partial charge on any atom is 0.0420 e. The first-order valence-corrected chi connectivity index (χ1v) is 9.40. The van der Waals surface area contributed by atoms with Crippen LogP contribution in [0.15, 0.2) is 43.0 Å². The van der Waals surface area contributed by atoms with E-state index in [9.17, 15) is 0 Å². The summed E-state index contributed by atoms with van der Waals surface area (Å²) in [6, 6.07) is 10.8. The maximum atomic E-state index is 5.89. The van der Waals surface area contributed by atoms with Crippen LogP contribution in [-0.2, 0) is 0 Å². The van der Waals surface area contributed by atoms with Crippen LogP contribution in [-0.4, -0.2) is 0 Å². The molecule has 0 aromatic heterocycles. The van der Waals surface area contributed by atoms with Crippen LogP contribution in [0.2, 0.25) is 0 Å². The van der Waals surface area contributed by atoms with Crippen molar-refractivity contribution in [3.63, 3.8) is 0 Å². The molecular weight excluding hydrogens is 326 g/mol. The Morgan fingerprint density at radius 3 is 1.70 bits per heavy atom. The van der Waals surface area contributed by atoms with E-state index in [1.54, 1.807) is 0 Å². The Kier molecular flexibility index (Phi) is 12.9. The number of anilines is 1. The van der Waals surface area contributed by atoms with Gasteiger partial charge in [0.25, 0.3) is 0 Å². The first-order valence-electron chi connectivity index (χ1n) is 9.40. The highest BCUT2D eigenvalue weighted by atomic mass is 14.6. The summed E-state index contributed by atoms with van der Waals surface area (Å²) in [5.41, 5.74) is 16.6. The topological polar surface area (TPSA) is 26.0 Å². The molecule has 0 aliphatic carbocycles.